The molecular weight excluding hydrogens is 382 g/mol. The lowest BCUT2D eigenvalue weighted by atomic mass is 10.2. The summed E-state index contributed by atoms with van der Waals surface area (Å²) >= 11 is 0. The van der Waals surface area contributed by atoms with Crippen molar-refractivity contribution in [3.05, 3.63) is 42.0 Å². The zero-order valence-corrected chi connectivity index (χ0v) is 17.6. The van der Waals surface area contributed by atoms with Crippen LogP contribution in [0.25, 0.3) is 11.4 Å². The normalized spacial score (nSPS) is 16.5. The highest BCUT2D eigenvalue weighted by Crippen LogP contribution is 2.21. The molecule has 2 aromatic heterocycles. The number of aromatic nitrogens is 5. The molecule has 2 N–H and O–H groups in total. The van der Waals surface area contributed by atoms with Crippen molar-refractivity contribution < 1.29 is 4.52 Å². The van der Waals surface area contributed by atoms with E-state index in [-0.39, 0.29) is 12.0 Å². The molecule has 0 bridgehead atoms. The Morgan fingerprint density at radius 2 is 1.77 bits per heavy atom. The van der Waals surface area contributed by atoms with Gasteiger partial charge in [0.25, 0.3) is 0 Å². The Morgan fingerprint density at radius 3 is 2.47 bits per heavy atom. The molecule has 10 heteroatoms. The molecule has 1 saturated heterocycles. The average molecular weight is 409 g/mol. The number of hydrogen-bond acceptors (Lipinski definition) is 10. The van der Waals surface area contributed by atoms with Gasteiger partial charge in [0, 0.05) is 45.8 Å². The predicted molar refractivity (Wildman–Crippen MR) is 114 cm³/mol. The van der Waals surface area contributed by atoms with Crippen molar-refractivity contribution in [2.75, 3.05) is 50.9 Å². The van der Waals surface area contributed by atoms with Gasteiger partial charge in [0.15, 0.2) is 5.82 Å². The van der Waals surface area contributed by atoms with Crippen LogP contribution < -0.4 is 10.6 Å². The molecule has 30 heavy (non-hydrogen) atoms. The monoisotopic (exact) mass is 409 g/mol. The zero-order chi connectivity index (χ0) is 21.1. The molecule has 0 radical (unpaired) electrons. The third-order valence-corrected chi connectivity index (χ3v) is 5.25. The Morgan fingerprint density at radius 1 is 1.03 bits per heavy atom. The first-order valence-electron chi connectivity index (χ1n) is 10.0. The maximum Gasteiger partial charge on any atom is 0.241 e. The first-order valence-corrected chi connectivity index (χ1v) is 10.0. The van der Waals surface area contributed by atoms with Crippen LogP contribution in [0.3, 0.4) is 0 Å². The molecule has 0 amide bonds. The lowest BCUT2D eigenvalue weighted by Gasteiger charge is -2.36. The van der Waals surface area contributed by atoms with Crippen LogP contribution in [0.2, 0.25) is 0 Å². The van der Waals surface area contributed by atoms with Crippen LogP contribution in [0.15, 0.2) is 34.9 Å². The minimum Gasteiger partial charge on any atom is -0.368 e. The topological polar surface area (TPSA) is 113 Å². The summed E-state index contributed by atoms with van der Waals surface area (Å²) in [7, 11) is 3.78. The van der Waals surface area contributed by atoms with Crippen molar-refractivity contribution >= 4 is 11.9 Å². The molecule has 3 aromatic rings. The van der Waals surface area contributed by atoms with E-state index in [2.05, 4.69) is 41.8 Å². The van der Waals surface area contributed by atoms with E-state index in [0.717, 1.165) is 31.7 Å². The number of nitrogens with zero attached hydrogens (tertiary/aromatic N) is 8. The maximum absolute atomic E-state index is 5.88. The number of anilines is 2. The smallest absolute Gasteiger partial charge is 0.241 e. The Hall–Kier alpha value is -3.11. The number of piperazine rings is 1. The number of benzene rings is 1. The molecule has 1 fully saturated rings. The minimum atomic E-state index is 0.0595. The van der Waals surface area contributed by atoms with Crippen molar-refractivity contribution in [2.45, 2.75) is 19.5 Å². The second-order valence-electron chi connectivity index (χ2n) is 7.61. The number of hydrogen-bond donors (Lipinski definition) is 1. The van der Waals surface area contributed by atoms with E-state index >= 15 is 0 Å². The summed E-state index contributed by atoms with van der Waals surface area (Å²) < 4.78 is 5.45. The highest BCUT2D eigenvalue weighted by atomic mass is 16.5. The van der Waals surface area contributed by atoms with E-state index in [1.54, 1.807) is 0 Å². The van der Waals surface area contributed by atoms with Crippen LogP contribution in [0.5, 0.6) is 0 Å². The van der Waals surface area contributed by atoms with Gasteiger partial charge in [-0.1, -0.05) is 35.5 Å². The summed E-state index contributed by atoms with van der Waals surface area (Å²) in [4.78, 5) is 24.1. The average Bonchev–Trinajstić information content (AvgIpc) is 3.22. The quantitative estimate of drug-likeness (QED) is 0.641. The summed E-state index contributed by atoms with van der Waals surface area (Å²) in [5.41, 5.74) is 6.84. The van der Waals surface area contributed by atoms with Gasteiger partial charge in [-0.2, -0.15) is 19.9 Å². The molecule has 1 aliphatic heterocycles. The van der Waals surface area contributed by atoms with Crippen molar-refractivity contribution in [3.8, 4) is 11.4 Å². The van der Waals surface area contributed by atoms with Gasteiger partial charge < -0.3 is 15.2 Å². The molecule has 3 heterocycles. The van der Waals surface area contributed by atoms with Crippen LogP contribution in [0.4, 0.5) is 11.9 Å². The first kappa shape index (κ1) is 20.2. The van der Waals surface area contributed by atoms with Gasteiger partial charge >= 0.3 is 0 Å². The number of rotatable bonds is 6. The summed E-state index contributed by atoms with van der Waals surface area (Å²) in [6.07, 6.45) is 0. The van der Waals surface area contributed by atoms with Gasteiger partial charge in [0.2, 0.25) is 23.6 Å². The van der Waals surface area contributed by atoms with Crippen LogP contribution in [-0.2, 0) is 6.54 Å². The van der Waals surface area contributed by atoms with Crippen LogP contribution in [-0.4, -0.2) is 75.2 Å². The maximum atomic E-state index is 5.88. The Labute approximate surface area is 175 Å². The fraction of sp³-hybridized carbons (Fsp3) is 0.450. The van der Waals surface area contributed by atoms with Crippen molar-refractivity contribution in [3.63, 3.8) is 0 Å². The van der Waals surface area contributed by atoms with Crippen LogP contribution in [0, 0.1) is 0 Å². The Bertz CT molecular complexity index is 967. The molecule has 1 aromatic carbocycles. The zero-order valence-electron chi connectivity index (χ0n) is 17.6. The molecule has 4 rings (SSSR count). The van der Waals surface area contributed by atoms with E-state index < -0.39 is 0 Å². The first-order chi connectivity index (χ1) is 14.5. The van der Waals surface area contributed by atoms with E-state index in [0.29, 0.717) is 30.0 Å². The Balaban J connectivity index is 1.35. The second-order valence-corrected chi connectivity index (χ2v) is 7.61. The van der Waals surface area contributed by atoms with Crippen LogP contribution >= 0.6 is 0 Å². The van der Waals surface area contributed by atoms with Gasteiger partial charge in [-0.25, -0.2) is 0 Å². The number of nitrogen functional groups attached to an aromatic ring is 1. The van der Waals surface area contributed by atoms with Gasteiger partial charge in [0.1, 0.15) is 0 Å². The summed E-state index contributed by atoms with van der Waals surface area (Å²) in [5, 5.41) is 4.10. The largest absolute Gasteiger partial charge is 0.368 e. The Kier molecular flexibility index (Phi) is 5.86. The van der Waals surface area contributed by atoms with Crippen molar-refractivity contribution in [2.24, 2.45) is 0 Å². The third kappa shape index (κ3) is 4.55. The molecule has 0 aliphatic carbocycles. The van der Waals surface area contributed by atoms with E-state index in [4.69, 9.17) is 10.3 Å². The molecule has 1 aliphatic rings. The molecule has 0 saturated carbocycles. The summed E-state index contributed by atoms with van der Waals surface area (Å²) in [6, 6.07) is 9.91. The minimum absolute atomic E-state index is 0.0595. The van der Waals surface area contributed by atoms with Gasteiger partial charge in [-0.05, 0) is 6.92 Å². The highest BCUT2D eigenvalue weighted by molar-refractivity contribution is 5.53. The van der Waals surface area contributed by atoms with E-state index in [1.807, 2.05) is 49.3 Å². The lowest BCUT2D eigenvalue weighted by Crippen LogP contribution is -2.47. The molecule has 0 unspecified atom stereocenters. The van der Waals surface area contributed by atoms with Gasteiger partial charge in [-0.3, -0.25) is 9.80 Å². The molecule has 0 spiro atoms. The molecule has 10 nitrogen and oxygen atoms in total. The summed E-state index contributed by atoms with van der Waals surface area (Å²) in [5.74, 6) is 2.79. The van der Waals surface area contributed by atoms with E-state index in [9.17, 15) is 0 Å². The number of nitrogens with two attached hydrogens (primary N) is 1. The third-order valence-electron chi connectivity index (χ3n) is 5.25. The SMILES string of the molecule is C[C@H](c1nc(N)nc(N(C)C)n1)N1CCN(Cc2nc(-c3ccccc3)no2)CC1. The second kappa shape index (κ2) is 8.72. The molecule has 158 valence electrons. The van der Waals surface area contributed by atoms with E-state index in [1.165, 1.54) is 0 Å². The van der Waals surface area contributed by atoms with Crippen molar-refractivity contribution in [1.29, 1.82) is 0 Å². The van der Waals surface area contributed by atoms with Gasteiger partial charge in [0.05, 0.1) is 12.6 Å². The predicted octanol–water partition coefficient (Wildman–Crippen LogP) is 1.45. The fourth-order valence-corrected chi connectivity index (χ4v) is 3.47. The summed E-state index contributed by atoms with van der Waals surface area (Å²) in [6.45, 7) is 6.33. The molecule has 1 atom stereocenters. The highest BCUT2D eigenvalue weighted by Gasteiger charge is 2.25. The van der Waals surface area contributed by atoms with Crippen molar-refractivity contribution in [1.82, 2.24) is 34.9 Å². The van der Waals surface area contributed by atoms with Crippen LogP contribution in [0.1, 0.15) is 24.7 Å². The standard InChI is InChI=1S/C20H27N9O/c1-14(17-23-19(21)25-20(24-17)27(2)3)29-11-9-28(10-12-29)13-16-22-18(26-30-16)15-7-5-4-6-8-15/h4-8,14H,9-13H2,1-3H3,(H2,21,23,24,25)/t14-/m1/s1. The van der Waals surface area contributed by atoms with Gasteiger partial charge in [-0.15, -0.1) is 0 Å². The lowest BCUT2D eigenvalue weighted by molar-refractivity contribution is 0.0877. The molecular formula is C20H27N9O. The fourth-order valence-electron chi connectivity index (χ4n) is 3.47.